The van der Waals surface area contributed by atoms with Crippen LogP contribution in [0.5, 0.6) is 0 Å². The molecule has 0 atom stereocenters. The van der Waals surface area contributed by atoms with Gasteiger partial charge >= 0.3 is 6.18 Å². The Bertz CT molecular complexity index is 583. The molecule has 2 saturated carbocycles. The summed E-state index contributed by atoms with van der Waals surface area (Å²) >= 11 is 0. The number of nitrogens with zero attached hydrogens (tertiary/aromatic N) is 2. The molecular weight excluding hydrogens is 373 g/mol. The van der Waals surface area contributed by atoms with E-state index in [1.165, 1.54) is 89.4 Å². The van der Waals surface area contributed by atoms with Crippen LogP contribution in [0.1, 0.15) is 114 Å². The van der Waals surface area contributed by atoms with Crippen LogP contribution in [-0.4, -0.2) is 9.97 Å². The van der Waals surface area contributed by atoms with E-state index in [0.29, 0.717) is 5.92 Å². The fourth-order valence-corrected chi connectivity index (χ4v) is 5.60. The summed E-state index contributed by atoms with van der Waals surface area (Å²) in [4.78, 5) is 7.09. The van der Waals surface area contributed by atoms with Gasteiger partial charge in [-0.15, -0.1) is 0 Å². The number of unbranched alkanes of at least 4 members (excludes halogenated alkanes) is 4. The van der Waals surface area contributed by atoms with Crippen molar-refractivity contribution in [1.29, 1.82) is 0 Å². The van der Waals surface area contributed by atoms with E-state index >= 15 is 0 Å². The average molecular weight is 411 g/mol. The van der Waals surface area contributed by atoms with E-state index in [1.54, 1.807) is 0 Å². The Balaban J connectivity index is 1.37. The van der Waals surface area contributed by atoms with E-state index in [0.717, 1.165) is 36.2 Å². The molecule has 0 amide bonds. The molecule has 1 aromatic rings. The molecule has 0 spiro atoms. The first-order chi connectivity index (χ1) is 14.0. The molecule has 164 valence electrons. The van der Waals surface area contributed by atoms with Crippen LogP contribution in [0.15, 0.2) is 12.4 Å². The van der Waals surface area contributed by atoms with Gasteiger partial charge in [-0.25, -0.2) is 9.97 Å². The van der Waals surface area contributed by atoms with Crippen molar-refractivity contribution >= 4 is 0 Å². The molecule has 0 aliphatic heterocycles. The predicted octanol–water partition coefficient (Wildman–Crippen LogP) is 7.94. The van der Waals surface area contributed by atoms with Gasteiger partial charge in [0.2, 0.25) is 5.82 Å². The lowest BCUT2D eigenvalue weighted by molar-refractivity contribution is -0.145. The molecule has 3 rings (SSSR count). The Morgan fingerprint density at radius 3 is 1.90 bits per heavy atom. The first kappa shape index (κ1) is 22.6. The molecule has 0 radical (unpaired) electrons. The minimum Gasteiger partial charge on any atom is -0.233 e. The van der Waals surface area contributed by atoms with Crippen molar-refractivity contribution in [2.24, 2.45) is 17.8 Å². The van der Waals surface area contributed by atoms with Crippen LogP contribution in [0.2, 0.25) is 0 Å². The monoisotopic (exact) mass is 410 g/mol. The number of hydrogen-bond acceptors (Lipinski definition) is 2. The van der Waals surface area contributed by atoms with E-state index < -0.39 is 12.0 Å². The van der Waals surface area contributed by atoms with Crippen LogP contribution in [0, 0.1) is 17.8 Å². The largest absolute Gasteiger partial charge is 0.451 e. The first-order valence-corrected chi connectivity index (χ1v) is 11.9. The highest BCUT2D eigenvalue weighted by molar-refractivity contribution is 5.13. The number of alkyl halides is 3. The highest BCUT2D eigenvalue weighted by atomic mass is 19.4. The molecule has 2 aliphatic carbocycles. The topological polar surface area (TPSA) is 25.8 Å². The summed E-state index contributed by atoms with van der Waals surface area (Å²) < 4.78 is 37.9. The lowest BCUT2D eigenvalue weighted by Gasteiger charge is -2.38. The summed E-state index contributed by atoms with van der Waals surface area (Å²) in [7, 11) is 0. The molecule has 0 bridgehead atoms. The average Bonchev–Trinajstić information content (AvgIpc) is 2.74. The number of aromatic nitrogens is 2. The third-order valence-corrected chi connectivity index (χ3v) is 7.44. The van der Waals surface area contributed by atoms with Gasteiger partial charge in [0.1, 0.15) is 0 Å². The number of halogens is 3. The van der Waals surface area contributed by atoms with Crippen LogP contribution in [0.4, 0.5) is 13.2 Å². The lowest BCUT2D eigenvalue weighted by Crippen LogP contribution is -2.25. The Kier molecular flexibility index (Phi) is 8.37. The van der Waals surface area contributed by atoms with E-state index in [9.17, 15) is 13.2 Å². The second kappa shape index (κ2) is 10.8. The summed E-state index contributed by atoms with van der Waals surface area (Å²) in [5.41, 5.74) is 0.878. The van der Waals surface area contributed by atoms with Crippen molar-refractivity contribution in [3.8, 4) is 0 Å². The normalized spacial score (nSPS) is 28.4. The second-order valence-corrected chi connectivity index (χ2v) is 9.43. The quantitative estimate of drug-likeness (QED) is 0.407. The Morgan fingerprint density at radius 2 is 1.34 bits per heavy atom. The van der Waals surface area contributed by atoms with Crippen LogP contribution in [-0.2, 0) is 6.18 Å². The standard InChI is InChI=1S/C24H37F3N2/c1-2-3-4-5-6-7-18-8-10-19(11-9-18)20-12-14-21(15-13-20)22-16-28-23(29-17-22)24(25,26)27/h16-21H,2-15H2,1H3/t18-,19-,20?,21?. The zero-order valence-electron chi connectivity index (χ0n) is 17.9. The molecular formula is C24H37F3N2. The Labute approximate surface area is 174 Å². The minimum absolute atomic E-state index is 0.327. The fourth-order valence-electron chi connectivity index (χ4n) is 5.60. The summed E-state index contributed by atoms with van der Waals surface area (Å²) in [6.07, 6.45) is 16.8. The number of hydrogen-bond donors (Lipinski definition) is 0. The highest BCUT2D eigenvalue weighted by Crippen LogP contribution is 2.44. The first-order valence-electron chi connectivity index (χ1n) is 11.9. The van der Waals surface area contributed by atoms with Gasteiger partial charge in [0, 0.05) is 12.4 Å². The van der Waals surface area contributed by atoms with Gasteiger partial charge < -0.3 is 0 Å². The Hall–Kier alpha value is -1.13. The summed E-state index contributed by atoms with van der Waals surface area (Å²) in [6, 6.07) is 0. The third-order valence-electron chi connectivity index (χ3n) is 7.44. The molecule has 0 N–H and O–H groups in total. The van der Waals surface area contributed by atoms with Crippen molar-refractivity contribution in [2.45, 2.75) is 109 Å². The summed E-state index contributed by atoms with van der Waals surface area (Å²) in [5, 5.41) is 0. The van der Waals surface area contributed by atoms with Crippen molar-refractivity contribution < 1.29 is 13.2 Å². The van der Waals surface area contributed by atoms with Crippen LogP contribution in [0.3, 0.4) is 0 Å². The highest BCUT2D eigenvalue weighted by Gasteiger charge is 2.35. The maximum Gasteiger partial charge on any atom is 0.451 e. The molecule has 2 fully saturated rings. The molecule has 2 aliphatic rings. The fraction of sp³-hybridized carbons (Fsp3) is 0.833. The SMILES string of the molecule is CCCCCCC[C@H]1CC[C@H](C2CCC(c3cnc(C(F)(F)F)nc3)CC2)CC1. The maximum absolute atomic E-state index is 12.6. The van der Waals surface area contributed by atoms with Crippen molar-refractivity contribution in [3.63, 3.8) is 0 Å². The molecule has 0 unspecified atom stereocenters. The van der Waals surface area contributed by atoms with Gasteiger partial charge in [-0.1, -0.05) is 58.3 Å². The van der Waals surface area contributed by atoms with E-state index in [-0.39, 0.29) is 0 Å². The number of rotatable bonds is 8. The van der Waals surface area contributed by atoms with Gasteiger partial charge in [0.05, 0.1) is 0 Å². The zero-order valence-corrected chi connectivity index (χ0v) is 17.9. The van der Waals surface area contributed by atoms with E-state index in [4.69, 9.17) is 0 Å². The maximum atomic E-state index is 12.6. The molecule has 0 saturated heterocycles. The van der Waals surface area contributed by atoms with E-state index in [2.05, 4.69) is 16.9 Å². The van der Waals surface area contributed by atoms with Crippen molar-refractivity contribution in [1.82, 2.24) is 9.97 Å². The molecule has 1 aromatic heterocycles. The van der Waals surface area contributed by atoms with Crippen molar-refractivity contribution in [2.75, 3.05) is 0 Å². The zero-order chi connectivity index (χ0) is 20.7. The third kappa shape index (κ3) is 6.68. The minimum atomic E-state index is -4.45. The molecule has 1 heterocycles. The molecule has 5 heteroatoms. The lowest BCUT2D eigenvalue weighted by atomic mass is 9.68. The van der Waals surface area contributed by atoms with Gasteiger partial charge in [-0.2, -0.15) is 13.2 Å². The molecule has 29 heavy (non-hydrogen) atoms. The summed E-state index contributed by atoms with van der Waals surface area (Å²) in [5.74, 6) is 1.93. The van der Waals surface area contributed by atoms with Gasteiger partial charge in [0.25, 0.3) is 0 Å². The van der Waals surface area contributed by atoms with Crippen LogP contribution in [0.25, 0.3) is 0 Å². The Morgan fingerprint density at radius 1 is 0.793 bits per heavy atom. The smallest absolute Gasteiger partial charge is 0.233 e. The van der Waals surface area contributed by atoms with Crippen LogP contribution < -0.4 is 0 Å². The van der Waals surface area contributed by atoms with Crippen molar-refractivity contribution in [3.05, 3.63) is 23.8 Å². The van der Waals surface area contributed by atoms with Gasteiger partial charge in [-0.05, 0) is 67.8 Å². The molecule has 2 nitrogen and oxygen atoms in total. The van der Waals surface area contributed by atoms with Gasteiger partial charge in [-0.3, -0.25) is 0 Å². The van der Waals surface area contributed by atoms with E-state index in [1.807, 2.05) is 0 Å². The summed E-state index contributed by atoms with van der Waals surface area (Å²) in [6.45, 7) is 2.27. The van der Waals surface area contributed by atoms with Gasteiger partial charge in [0.15, 0.2) is 0 Å². The molecule has 0 aromatic carbocycles. The van der Waals surface area contributed by atoms with Crippen LogP contribution >= 0.6 is 0 Å². The predicted molar refractivity (Wildman–Crippen MR) is 111 cm³/mol. The second-order valence-electron chi connectivity index (χ2n) is 9.43.